The molecule has 13 heteroatoms. The minimum atomic E-state index is -5.08. The number of halogens is 3. The average Bonchev–Trinajstić information content (AvgIpc) is 3.51. The maximum atomic E-state index is 10.6. The highest BCUT2D eigenvalue weighted by atomic mass is 19.4. The van der Waals surface area contributed by atoms with Crippen LogP contribution in [0.5, 0.6) is 5.75 Å². The van der Waals surface area contributed by atoms with E-state index in [2.05, 4.69) is 32.2 Å². The Balaban J connectivity index is 0.000000429. The number of nitriles is 2. The van der Waals surface area contributed by atoms with E-state index in [1.165, 1.54) is 6.33 Å². The van der Waals surface area contributed by atoms with Crippen molar-refractivity contribution in [2.24, 2.45) is 0 Å². The summed E-state index contributed by atoms with van der Waals surface area (Å²) in [6.45, 7) is 0. The Bertz CT molecular complexity index is 1430. The number of hydrogen-bond acceptors (Lipinski definition) is 7. The second-order valence-electron chi connectivity index (χ2n) is 6.92. The number of fused-ring (bicyclic) bond motifs is 1. The van der Waals surface area contributed by atoms with Gasteiger partial charge in [-0.3, -0.25) is 4.68 Å². The zero-order chi connectivity index (χ0) is 25.6. The first-order chi connectivity index (χ1) is 16.7. The van der Waals surface area contributed by atoms with E-state index in [1.54, 1.807) is 36.2 Å². The van der Waals surface area contributed by atoms with Crippen LogP contribution in [0.4, 0.5) is 13.2 Å². The third kappa shape index (κ3) is 5.54. The highest BCUT2D eigenvalue weighted by Crippen LogP contribution is 2.32. The van der Waals surface area contributed by atoms with E-state index >= 15 is 0 Å². The molecule has 3 heterocycles. The monoisotopic (exact) mass is 483 g/mol. The van der Waals surface area contributed by atoms with E-state index in [4.69, 9.17) is 14.6 Å². The molecule has 0 bridgehead atoms. The number of nitrogens with zero attached hydrogens (tertiary/aromatic N) is 6. The normalized spacial score (nSPS) is 11.6. The predicted octanol–water partition coefficient (Wildman–Crippen LogP) is 3.84. The molecule has 4 aromatic rings. The van der Waals surface area contributed by atoms with Crippen LogP contribution < -0.4 is 4.74 Å². The van der Waals surface area contributed by atoms with Gasteiger partial charge < -0.3 is 14.8 Å². The van der Waals surface area contributed by atoms with E-state index < -0.39 is 18.2 Å². The Labute approximate surface area is 195 Å². The van der Waals surface area contributed by atoms with Gasteiger partial charge in [0, 0.05) is 28.9 Å². The number of carboxylic acid groups (broad SMARTS) is 1. The molecule has 0 saturated carbocycles. The maximum Gasteiger partial charge on any atom is 0.490 e. The number of rotatable bonds is 5. The minimum absolute atomic E-state index is 0.176. The molecular weight excluding hydrogens is 467 g/mol. The summed E-state index contributed by atoms with van der Waals surface area (Å²) in [4.78, 5) is 20.5. The lowest BCUT2D eigenvalue weighted by Crippen LogP contribution is -2.21. The number of alkyl halides is 3. The van der Waals surface area contributed by atoms with Crippen molar-refractivity contribution in [2.45, 2.75) is 18.6 Å². The van der Waals surface area contributed by atoms with Crippen LogP contribution in [-0.4, -0.2) is 49.1 Å². The van der Waals surface area contributed by atoms with Crippen LogP contribution in [0.25, 0.3) is 22.3 Å². The van der Waals surface area contributed by atoms with Crippen molar-refractivity contribution < 1.29 is 27.8 Å². The predicted molar refractivity (Wildman–Crippen MR) is 115 cm³/mol. The van der Waals surface area contributed by atoms with Gasteiger partial charge in [-0.25, -0.2) is 14.8 Å². The van der Waals surface area contributed by atoms with Crippen LogP contribution in [0.15, 0.2) is 49.2 Å². The van der Waals surface area contributed by atoms with E-state index in [0.717, 1.165) is 27.9 Å². The fraction of sp³-hybridized carbons (Fsp3) is 0.182. The molecule has 0 aliphatic rings. The first kappa shape index (κ1) is 24.7. The molecular formula is C22H16F3N7O3. The Morgan fingerprint density at radius 3 is 2.66 bits per heavy atom. The molecule has 0 aliphatic carbocycles. The maximum absolute atomic E-state index is 10.6. The lowest BCUT2D eigenvalue weighted by molar-refractivity contribution is -0.192. The van der Waals surface area contributed by atoms with Crippen LogP contribution in [0.1, 0.15) is 23.6 Å². The second-order valence-corrected chi connectivity index (χ2v) is 6.92. The molecule has 0 radical (unpaired) electrons. The fourth-order valence-corrected chi connectivity index (χ4v) is 3.23. The number of aliphatic carboxylic acids is 1. The molecule has 3 aromatic heterocycles. The average molecular weight is 483 g/mol. The summed E-state index contributed by atoms with van der Waals surface area (Å²) in [5.74, 6) is -2.15. The van der Waals surface area contributed by atoms with E-state index in [9.17, 15) is 23.7 Å². The Hall–Kier alpha value is -4.91. The molecule has 1 unspecified atom stereocenters. The summed E-state index contributed by atoms with van der Waals surface area (Å²) < 4.78 is 38.9. The third-order valence-electron chi connectivity index (χ3n) is 4.79. The van der Waals surface area contributed by atoms with Crippen molar-refractivity contribution in [1.29, 1.82) is 10.5 Å². The highest BCUT2D eigenvalue weighted by molar-refractivity contribution is 5.90. The Morgan fingerprint density at radius 2 is 2.03 bits per heavy atom. The number of carbonyl (C=O) groups is 1. The zero-order valence-electron chi connectivity index (χ0n) is 18.0. The van der Waals surface area contributed by atoms with Crippen molar-refractivity contribution >= 4 is 17.0 Å². The van der Waals surface area contributed by atoms with Gasteiger partial charge in [0.25, 0.3) is 0 Å². The van der Waals surface area contributed by atoms with Gasteiger partial charge in [0.1, 0.15) is 17.7 Å². The molecule has 2 N–H and O–H groups in total. The summed E-state index contributed by atoms with van der Waals surface area (Å²) in [7, 11) is 1.56. The third-order valence-corrected chi connectivity index (χ3v) is 4.79. The lowest BCUT2D eigenvalue weighted by Gasteiger charge is -2.18. The van der Waals surface area contributed by atoms with Gasteiger partial charge >= 0.3 is 12.1 Å². The van der Waals surface area contributed by atoms with Gasteiger partial charge in [-0.2, -0.15) is 28.8 Å². The van der Waals surface area contributed by atoms with Crippen LogP contribution in [0.3, 0.4) is 0 Å². The second kappa shape index (κ2) is 10.4. The van der Waals surface area contributed by atoms with Gasteiger partial charge in [-0.1, -0.05) is 0 Å². The van der Waals surface area contributed by atoms with Gasteiger partial charge in [0.2, 0.25) is 0 Å². The number of carboxylic acids is 1. The van der Waals surface area contributed by atoms with Gasteiger partial charge in [0.05, 0.1) is 49.2 Å². The summed E-state index contributed by atoms with van der Waals surface area (Å²) in [6.07, 6.45) is 1.95. The van der Waals surface area contributed by atoms with Crippen molar-refractivity contribution in [1.82, 2.24) is 24.7 Å². The van der Waals surface area contributed by atoms with Crippen LogP contribution >= 0.6 is 0 Å². The molecule has 0 amide bonds. The number of H-pyrrole nitrogens is 1. The topological polar surface area (TPSA) is 154 Å². The SMILES string of the molecule is COc1ccc(C#N)cc1C(CC#N)n1cc(-c2ncnc3[nH]ccc23)cn1.O=C(O)C(F)(F)F. The molecule has 0 aliphatic heterocycles. The van der Waals surface area contributed by atoms with Crippen molar-refractivity contribution in [3.8, 4) is 29.1 Å². The lowest BCUT2D eigenvalue weighted by atomic mass is 10.0. The quantitative estimate of drug-likeness (QED) is 0.434. The van der Waals surface area contributed by atoms with Gasteiger partial charge in [0.15, 0.2) is 0 Å². The Kier molecular flexibility index (Phi) is 7.31. The molecule has 1 aromatic carbocycles. The number of aromatic nitrogens is 5. The number of nitrogens with one attached hydrogen (secondary N) is 1. The number of methoxy groups -OCH3 is 1. The van der Waals surface area contributed by atoms with Crippen LogP contribution in [-0.2, 0) is 4.79 Å². The summed E-state index contributed by atoms with van der Waals surface area (Å²) in [6, 6.07) is 11.0. The summed E-state index contributed by atoms with van der Waals surface area (Å²) >= 11 is 0. The van der Waals surface area contributed by atoms with Gasteiger partial charge in [-0.15, -0.1) is 0 Å². The zero-order valence-corrected chi connectivity index (χ0v) is 18.0. The number of aromatic amines is 1. The van der Waals surface area contributed by atoms with Crippen LogP contribution in [0.2, 0.25) is 0 Å². The summed E-state index contributed by atoms with van der Waals surface area (Å²) in [5, 5.41) is 31.1. The molecule has 178 valence electrons. The molecule has 0 spiro atoms. The standard InChI is InChI=1S/C20H15N7O.C2HF3O2/c1-28-18-3-2-13(9-22)8-16(18)17(4-6-21)27-11-14(10-26-27)19-15-5-7-23-20(15)25-12-24-19;3-2(4,5)1(6)7/h2-3,5,7-8,10-12,17H,4H2,1H3,(H,23,24,25);(H,6,7). The smallest absolute Gasteiger partial charge is 0.490 e. The molecule has 10 nitrogen and oxygen atoms in total. The van der Waals surface area contributed by atoms with Crippen LogP contribution in [0, 0.1) is 22.7 Å². The largest absolute Gasteiger partial charge is 0.496 e. The number of hydrogen-bond donors (Lipinski definition) is 2. The molecule has 0 saturated heterocycles. The molecule has 1 atom stereocenters. The highest BCUT2D eigenvalue weighted by Gasteiger charge is 2.38. The summed E-state index contributed by atoms with van der Waals surface area (Å²) in [5.41, 5.74) is 3.54. The Morgan fingerprint density at radius 1 is 1.29 bits per heavy atom. The fourth-order valence-electron chi connectivity index (χ4n) is 3.23. The number of benzene rings is 1. The van der Waals surface area contributed by atoms with E-state index in [0.29, 0.717) is 11.3 Å². The van der Waals surface area contributed by atoms with E-state index in [1.807, 2.05) is 18.5 Å². The van der Waals surface area contributed by atoms with E-state index in [-0.39, 0.29) is 6.42 Å². The van der Waals surface area contributed by atoms with Gasteiger partial charge in [-0.05, 0) is 24.3 Å². The van der Waals surface area contributed by atoms with Crippen molar-refractivity contribution in [3.05, 3.63) is 60.3 Å². The number of ether oxygens (including phenoxy) is 1. The van der Waals surface area contributed by atoms with Crippen molar-refractivity contribution in [2.75, 3.05) is 7.11 Å². The molecule has 0 fully saturated rings. The molecule has 4 rings (SSSR count). The van der Waals surface area contributed by atoms with Crippen molar-refractivity contribution in [3.63, 3.8) is 0 Å². The minimum Gasteiger partial charge on any atom is -0.496 e. The first-order valence-corrected chi connectivity index (χ1v) is 9.77. The molecule has 35 heavy (non-hydrogen) atoms. The first-order valence-electron chi connectivity index (χ1n) is 9.77.